The van der Waals surface area contributed by atoms with E-state index in [-0.39, 0.29) is 15.5 Å². The van der Waals surface area contributed by atoms with Crippen LogP contribution < -0.4 is 5.32 Å². The van der Waals surface area contributed by atoms with Gasteiger partial charge in [0.2, 0.25) is 10.0 Å². The standard InChI is InChI=1S/C17H19ClN2O3S/c1-20(2)24(22,23)14-8-9-16(18)15(12-14)17(21)19-11-10-13-6-4-3-5-7-13/h3-9,12H,10-11H2,1-2H3,(H,19,21). The number of sulfonamides is 1. The molecule has 0 unspecified atom stereocenters. The van der Waals surface area contributed by atoms with Gasteiger partial charge in [0.25, 0.3) is 5.91 Å². The number of rotatable bonds is 6. The minimum Gasteiger partial charge on any atom is -0.352 e. The molecular formula is C17H19ClN2O3S. The fourth-order valence-corrected chi connectivity index (χ4v) is 3.24. The number of hydrogen-bond acceptors (Lipinski definition) is 3. The van der Waals surface area contributed by atoms with E-state index in [2.05, 4.69) is 5.32 Å². The highest BCUT2D eigenvalue weighted by Gasteiger charge is 2.20. The van der Waals surface area contributed by atoms with Gasteiger partial charge in [-0.3, -0.25) is 4.79 Å². The zero-order valence-electron chi connectivity index (χ0n) is 13.5. The topological polar surface area (TPSA) is 66.5 Å². The number of nitrogens with one attached hydrogen (secondary N) is 1. The van der Waals surface area contributed by atoms with Gasteiger partial charge in [0.05, 0.1) is 15.5 Å². The van der Waals surface area contributed by atoms with E-state index >= 15 is 0 Å². The van der Waals surface area contributed by atoms with Crippen LogP contribution >= 0.6 is 11.6 Å². The van der Waals surface area contributed by atoms with Gasteiger partial charge in [0, 0.05) is 20.6 Å². The van der Waals surface area contributed by atoms with Crippen molar-refractivity contribution in [3.8, 4) is 0 Å². The summed E-state index contributed by atoms with van der Waals surface area (Å²) in [5.41, 5.74) is 1.25. The monoisotopic (exact) mass is 366 g/mol. The highest BCUT2D eigenvalue weighted by atomic mass is 35.5. The Hall–Kier alpha value is -1.89. The van der Waals surface area contributed by atoms with Gasteiger partial charge in [-0.1, -0.05) is 41.9 Å². The Morgan fingerprint density at radius 2 is 1.79 bits per heavy atom. The molecule has 5 nitrogen and oxygen atoms in total. The molecular weight excluding hydrogens is 348 g/mol. The van der Waals surface area contributed by atoms with E-state index in [0.717, 1.165) is 9.87 Å². The van der Waals surface area contributed by atoms with E-state index in [1.807, 2.05) is 30.3 Å². The molecule has 0 radical (unpaired) electrons. The number of halogens is 1. The van der Waals surface area contributed by atoms with Gasteiger partial charge < -0.3 is 5.32 Å². The Labute approximate surface area is 147 Å². The fraction of sp³-hybridized carbons (Fsp3) is 0.235. The van der Waals surface area contributed by atoms with Crippen LogP contribution in [0.4, 0.5) is 0 Å². The molecule has 1 N–H and O–H groups in total. The highest BCUT2D eigenvalue weighted by molar-refractivity contribution is 7.89. The number of amides is 1. The molecule has 0 fully saturated rings. The molecule has 0 aliphatic rings. The van der Waals surface area contributed by atoms with Crippen LogP contribution in [0.1, 0.15) is 15.9 Å². The van der Waals surface area contributed by atoms with Crippen molar-refractivity contribution in [1.82, 2.24) is 9.62 Å². The highest BCUT2D eigenvalue weighted by Crippen LogP contribution is 2.22. The van der Waals surface area contributed by atoms with Crippen molar-refractivity contribution < 1.29 is 13.2 Å². The van der Waals surface area contributed by atoms with E-state index in [0.29, 0.717) is 13.0 Å². The molecule has 0 heterocycles. The van der Waals surface area contributed by atoms with E-state index in [1.165, 1.54) is 32.3 Å². The normalized spacial score (nSPS) is 11.5. The zero-order chi connectivity index (χ0) is 17.7. The number of benzene rings is 2. The lowest BCUT2D eigenvalue weighted by Crippen LogP contribution is -2.27. The first-order valence-electron chi connectivity index (χ1n) is 7.36. The van der Waals surface area contributed by atoms with Crippen molar-refractivity contribution in [2.75, 3.05) is 20.6 Å². The molecule has 0 spiro atoms. The van der Waals surface area contributed by atoms with E-state index in [4.69, 9.17) is 11.6 Å². The van der Waals surface area contributed by atoms with Crippen LogP contribution in [-0.4, -0.2) is 39.3 Å². The Balaban J connectivity index is 2.11. The van der Waals surface area contributed by atoms with E-state index < -0.39 is 15.9 Å². The molecule has 1 amide bonds. The molecule has 0 aliphatic carbocycles. The van der Waals surface area contributed by atoms with Gasteiger partial charge in [-0.25, -0.2) is 12.7 Å². The predicted molar refractivity (Wildman–Crippen MR) is 94.8 cm³/mol. The average molecular weight is 367 g/mol. The van der Waals surface area contributed by atoms with Crippen molar-refractivity contribution >= 4 is 27.5 Å². The molecule has 2 rings (SSSR count). The summed E-state index contributed by atoms with van der Waals surface area (Å²) in [4.78, 5) is 12.3. The first-order valence-corrected chi connectivity index (χ1v) is 9.18. The summed E-state index contributed by atoms with van der Waals surface area (Å²) in [6, 6.07) is 13.9. The predicted octanol–water partition coefficient (Wildman–Crippen LogP) is 2.56. The fourth-order valence-electron chi connectivity index (χ4n) is 2.11. The zero-order valence-corrected chi connectivity index (χ0v) is 15.1. The van der Waals surface area contributed by atoms with Crippen molar-refractivity contribution in [2.24, 2.45) is 0 Å². The molecule has 2 aromatic carbocycles. The van der Waals surface area contributed by atoms with Crippen LogP contribution in [0.2, 0.25) is 5.02 Å². The van der Waals surface area contributed by atoms with Crippen LogP contribution in [0.3, 0.4) is 0 Å². The summed E-state index contributed by atoms with van der Waals surface area (Å²) < 4.78 is 25.4. The molecule has 7 heteroatoms. The summed E-state index contributed by atoms with van der Waals surface area (Å²) in [6.45, 7) is 0.434. The first kappa shape index (κ1) is 18.4. The smallest absolute Gasteiger partial charge is 0.252 e. The van der Waals surface area contributed by atoms with E-state index in [9.17, 15) is 13.2 Å². The van der Waals surface area contributed by atoms with Gasteiger partial charge in [-0.2, -0.15) is 0 Å². The lowest BCUT2D eigenvalue weighted by Gasteiger charge is -2.13. The Bertz CT molecular complexity index is 821. The molecule has 24 heavy (non-hydrogen) atoms. The quantitative estimate of drug-likeness (QED) is 0.854. The maximum atomic E-state index is 12.3. The maximum Gasteiger partial charge on any atom is 0.252 e. The molecule has 0 atom stereocenters. The van der Waals surface area contributed by atoms with Gasteiger partial charge in [0.1, 0.15) is 0 Å². The molecule has 0 saturated carbocycles. The number of carbonyl (C=O) groups excluding carboxylic acids is 1. The molecule has 0 saturated heterocycles. The third kappa shape index (κ3) is 4.35. The minimum atomic E-state index is -3.62. The maximum absolute atomic E-state index is 12.3. The molecule has 0 aliphatic heterocycles. The lowest BCUT2D eigenvalue weighted by atomic mass is 10.1. The van der Waals surface area contributed by atoms with Crippen LogP contribution in [-0.2, 0) is 16.4 Å². The summed E-state index contributed by atoms with van der Waals surface area (Å²) in [6.07, 6.45) is 0.680. The third-order valence-corrected chi connectivity index (χ3v) is 5.64. The number of carbonyl (C=O) groups is 1. The van der Waals surface area contributed by atoms with Gasteiger partial charge in [-0.05, 0) is 30.2 Å². The summed E-state index contributed by atoms with van der Waals surface area (Å²) >= 11 is 6.05. The molecule has 0 aromatic heterocycles. The van der Waals surface area contributed by atoms with Gasteiger partial charge >= 0.3 is 0 Å². The number of nitrogens with zero attached hydrogens (tertiary/aromatic N) is 1. The molecule has 128 valence electrons. The van der Waals surface area contributed by atoms with Gasteiger partial charge in [0.15, 0.2) is 0 Å². The van der Waals surface area contributed by atoms with Crippen molar-refractivity contribution in [3.63, 3.8) is 0 Å². The second kappa shape index (κ2) is 7.79. The second-order valence-corrected chi connectivity index (χ2v) is 7.98. The minimum absolute atomic E-state index is 0.0325. The third-order valence-electron chi connectivity index (χ3n) is 3.50. The first-order chi connectivity index (χ1) is 11.3. The Morgan fingerprint density at radius 1 is 1.12 bits per heavy atom. The van der Waals surface area contributed by atoms with Crippen LogP contribution in [0.15, 0.2) is 53.4 Å². The average Bonchev–Trinajstić information content (AvgIpc) is 2.55. The van der Waals surface area contributed by atoms with E-state index in [1.54, 1.807) is 0 Å². The lowest BCUT2D eigenvalue weighted by molar-refractivity contribution is 0.0954. The van der Waals surface area contributed by atoms with Crippen molar-refractivity contribution in [1.29, 1.82) is 0 Å². The van der Waals surface area contributed by atoms with Crippen LogP contribution in [0.5, 0.6) is 0 Å². The molecule has 2 aromatic rings. The summed E-state index contributed by atoms with van der Waals surface area (Å²) in [5, 5.41) is 2.98. The van der Waals surface area contributed by atoms with Crippen LogP contribution in [0.25, 0.3) is 0 Å². The largest absolute Gasteiger partial charge is 0.352 e. The van der Waals surface area contributed by atoms with Crippen LogP contribution in [0, 0.1) is 0 Å². The van der Waals surface area contributed by atoms with Gasteiger partial charge in [-0.15, -0.1) is 0 Å². The second-order valence-electron chi connectivity index (χ2n) is 5.42. The van der Waals surface area contributed by atoms with Crippen molar-refractivity contribution in [3.05, 3.63) is 64.7 Å². The Kier molecular flexibility index (Phi) is 5.99. The molecule has 0 bridgehead atoms. The SMILES string of the molecule is CN(C)S(=O)(=O)c1ccc(Cl)c(C(=O)NCCc2ccccc2)c1. The number of hydrogen-bond donors (Lipinski definition) is 1. The summed E-state index contributed by atoms with van der Waals surface area (Å²) in [7, 11) is -0.750. The summed E-state index contributed by atoms with van der Waals surface area (Å²) in [5.74, 6) is -0.397. The Morgan fingerprint density at radius 3 is 2.42 bits per heavy atom. The van der Waals surface area contributed by atoms with Crippen molar-refractivity contribution in [2.45, 2.75) is 11.3 Å².